The molecule has 1 aliphatic heterocycles. The lowest BCUT2D eigenvalue weighted by Gasteiger charge is -2.32. The van der Waals surface area contributed by atoms with Gasteiger partial charge in [-0.3, -0.25) is 53.2 Å². The van der Waals surface area contributed by atoms with Gasteiger partial charge >= 0.3 is 23.9 Å². The Labute approximate surface area is 427 Å². The number of nitrogen functional groups attached to an aromatic ring is 1. The van der Waals surface area contributed by atoms with Crippen molar-refractivity contribution in [3.8, 4) is 0 Å². The highest BCUT2D eigenvalue weighted by Gasteiger charge is 2.29. The van der Waals surface area contributed by atoms with E-state index in [1.165, 1.54) is 18.3 Å². The molecule has 3 amide bonds. The van der Waals surface area contributed by atoms with Gasteiger partial charge in [-0.1, -0.05) is 6.07 Å². The number of carboxylic acids is 4. The predicted octanol–water partition coefficient (Wildman–Crippen LogP) is -0.0736. The zero-order valence-electron chi connectivity index (χ0n) is 41.2. The van der Waals surface area contributed by atoms with E-state index in [1.807, 2.05) is 0 Å². The maximum atomic E-state index is 12.8. The van der Waals surface area contributed by atoms with Gasteiger partial charge in [-0.05, 0) is 62.1 Å². The van der Waals surface area contributed by atoms with Crippen molar-refractivity contribution in [3.63, 3.8) is 0 Å². The van der Waals surface area contributed by atoms with Crippen LogP contribution in [0.15, 0.2) is 48.7 Å². The van der Waals surface area contributed by atoms with Crippen LogP contribution in [0.5, 0.6) is 0 Å². The van der Waals surface area contributed by atoms with E-state index in [1.54, 1.807) is 45.0 Å². The third-order valence-electron chi connectivity index (χ3n) is 11.3. The monoisotopic (exact) mass is 1040 g/mol. The number of carbonyl (C=O) groups excluding carboxylic acids is 4. The Bertz CT molecular complexity index is 2310. The molecule has 404 valence electrons. The number of ether oxygens (including phenoxy) is 3. The third-order valence-corrected chi connectivity index (χ3v) is 11.3. The van der Waals surface area contributed by atoms with Gasteiger partial charge in [-0.25, -0.2) is 14.8 Å². The second-order valence-corrected chi connectivity index (χ2v) is 17.1. The number of nitrogens with zero attached hydrogens (tertiary/aromatic N) is 6. The van der Waals surface area contributed by atoms with E-state index in [9.17, 15) is 58.8 Å². The number of aliphatic carboxylic acids is 4. The Hall–Kier alpha value is -7.23. The molecule has 0 radical (unpaired) electrons. The lowest BCUT2D eigenvalue weighted by atomic mass is 10.1. The number of hydrogen-bond acceptors (Lipinski definition) is 19. The lowest BCUT2D eigenvalue weighted by molar-refractivity contribution is -0.145. The van der Waals surface area contributed by atoms with Gasteiger partial charge in [-0.2, -0.15) is 0 Å². The first-order chi connectivity index (χ1) is 35.6. The molecule has 3 heterocycles. The van der Waals surface area contributed by atoms with Gasteiger partial charge in [-0.15, -0.1) is 0 Å². The smallest absolute Gasteiger partial charge is 0.326 e. The van der Waals surface area contributed by atoms with Crippen molar-refractivity contribution in [1.82, 2.24) is 45.6 Å². The molecule has 0 aliphatic carbocycles. The minimum Gasteiger partial charge on any atom is -0.480 e. The second kappa shape index (κ2) is 32.8. The molecule has 1 aliphatic rings. The van der Waals surface area contributed by atoms with Crippen molar-refractivity contribution in [3.05, 3.63) is 77.0 Å². The van der Waals surface area contributed by atoms with Crippen molar-refractivity contribution < 1.29 is 73.0 Å². The maximum Gasteiger partial charge on any atom is 0.326 e. The lowest BCUT2D eigenvalue weighted by Crippen LogP contribution is -2.47. The summed E-state index contributed by atoms with van der Waals surface area (Å²) in [6.45, 7) is 3.39. The van der Waals surface area contributed by atoms with Crippen LogP contribution in [0.25, 0.3) is 0 Å². The van der Waals surface area contributed by atoms with E-state index in [4.69, 9.17) is 19.9 Å². The van der Waals surface area contributed by atoms with Gasteiger partial charge in [0.1, 0.15) is 17.8 Å². The summed E-state index contributed by atoms with van der Waals surface area (Å²) in [7, 11) is 0. The average Bonchev–Trinajstić information content (AvgIpc) is 3.36. The van der Waals surface area contributed by atoms with Crippen molar-refractivity contribution >= 4 is 59.4 Å². The number of carbonyl (C=O) groups is 8. The highest BCUT2D eigenvalue weighted by Crippen LogP contribution is 2.16. The quantitative estimate of drug-likeness (QED) is 0.0285. The van der Waals surface area contributed by atoms with Gasteiger partial charge in [0.25, 0.3) is 5.91 Å². The number of amides is 3. The molecule has 74 heavy (non-hydrogen) atoms. The number of carboxylic acid groups (broad SMARTS) is 4. The molecule has 10 N–H and O–H groups in total. The number of hydrogen-bond donors (Lipinski definition) is 9. The summed E-state index contributed by atoms with van der Waals surface area (Å²) in [5.74, 6) is -5.81. The van der Waals surface area contributed by atoms with Crippen molar-refractivity contribution in [2.75, 3.05) is 103 Å². The fraction of sp³-hybridized carbons (Fsp3) is 0.521. The Morgan fingerprint density at radius 1 is 0.689 bits per heavy atom. The summed E-state index contributed by atoms with van der Waals surface area (Å²) in [4.78, 5) is 114. The van der Waals surface area contributed by atoms with E-state index in [0.29, 0.717) is 94.6 Å². The first-order valence-corrected chi connectivity index (χ1v) is 24.1. The van der Waals surface area contributed by atoms with Crippen LogP contribution >= 0.6 is 0 Å². The van der Waals surface area contributed by atoms with Gasteiger partial charge < -0.3 is 61.6 Å². The van der Waals surface area contributed by atoms with Crippen LogP contribution in [0.4, 0.5) is 11.5 Å². The molecule has 0 saturated heterocycles. The number of pyridine rings is 1. The molecular weight excluding hydrogens is 971 g/mol. The van der Waals surface area contributed by atoms with Crippen LogP contribution in [0, 0.1) is 0 Å². The fourth-order valence-corrected chi connectivity index (χ4v) is 7.49. The Balaban J connectivity index is 1.01. The zero-order valence-corrected chi connectivity index (χ0v) is 41.2. The van der Waals surface area contributed by atoms with Crippen LogP contribution in [0.1, 0.15) is 76.5 Å². The average molecular weight is 1040 g/mol. The minimum atomic E-state index is -1.29. The first-order valence-electron chi connectivity index (χ1n) is 24.1. The molecular formula is C48H67N11O15. The van der Waals surface area contributed by atoms with E-state index < -0.39 is 41.9 Å². The van der Waals surface area contributed by atoms with Crippen LogP contribution < -0.4 is 27.0 Å². The minimum absolute atomic E-state index is 0.00164. The van der Waals surface area contributed by atoms with Crippen LogP contribution in [0.3, 0.4) is 0 Å². The van der Waals surface area contributed by atoms with Gasteiger partial charge in [0, 0.05) is 89.7 Å². The van der Waals surface area contributed by atoms with Crippen molar-refractivity contribution in [2.45, 2.75) is 70.2 Å². The number of rotatable bonds is 33. The number of aldehydes is 1. The topological polar surface area (TPSA) is 368 Å². The normalized spacial score (nSPS) is 14.3. The molecule has 1 unspecified atom stereocenters. The number of aromatic nitrogens is 3. The maximum absolute atomic E-state index is 12.8. The molecule has 1 aromatic carbocycles. The Morgan fingerprint density at radius 2 is 1.26 bits per heavy atom. The van der Waals surface area contributed by atoms with Crippen molar-refractivity contribution in [2.24, 2.45) is 0 Å². The number of fused-ring (bicyclic) bond motifs is 2. The third kappa shape index (κ3) is 23.1. The van der Waals surface area contributed by atoms with Crippen LogP contribution in [0.2, 0.25) is 0 Å². The Kier molecular flexibility index (Phi) is 26.3. The molecule has 4 rings (SSSR count). The molecule has 3 aromatic rings. The van der Waals surface area contributed by atoms with Crippen LogP contribution in [-0.2, 0) is 62.6 Å². The predicted molar refractivity (Wildman–Crippen MR) is 264 cm³/mol. The van der Waals surface area contributed by atoms with E-state index in [0.717, 1.165) is 0 Å². The highest BCUT2D eigenvalue weighted by molar-refractivity contribution is 5.97. The van der Waals surface area contributed by atoms with Crippen molar-refractivity contribution in [1.29, 1.82) is 0 Å². The van der Waals surface area contributed by atoms with Gasteiger partial charge in [0.05, 0.1) is 69.3 Å². The molecule has 2 bridgehead atoms. The number of nitrogens with one attached hydrogen (secondary N) is 4. The summed E-state index contributed by atoms with van der Waals surface area (Å²) in [6, 6.07) is 9.15. The zero-order chi connectivity index (χ0) is 53.7. The summed E-state index contributed by atoms with van der Waals surface area (Å²) in [6.07, 6.45) is 2.63. The summed E-state index contributed by atoms with van der Waals surface area (Å²) >= 11 is 0. The molecule has 26 nitrogen and oxygen atoms in total. The Morgan fingerprint density at radius 3 is 1.85 bits per heavy atom. The second-order valence-electron chi connectivity index (χ2n) is 17.1. The highest BCUT2D eigenvalue weighted by atomic mass is 16.5. The largest absolute Gasteiger partial charge is 0.480 e. The van der Waals surface area contributed by atoms with E-state index >= 15 is 0 Å². The van der Waals surface area contributed by atoms with Crippen LogP contribution in [-0.4, -0.2) is 202 Å². The summed E-state index contributed by atoms with van der Waals surface area (Å²) in [5, 5.41) is 49.8. The molecule has 0 spiro atoms. The number of nitrogens with two attached hydrogens (primary N) is 1. The van der Waals surface area contributed by atoms with Gasteiger partial charge in [0.2, 0.25) is 11.8 Å². The number of anilines is 2. The van der Waals surface area contributed by atoms with E-state index in [-0.39, 0.29) is 113 Å². The fourth-order valence-electron chi connectivity index (χ4n) is 7.49. The summed E-state index contributed by atoms with van der Waals surface area (Å²) < 4.78 is 16.6. The van der Waals surface area contributed by atoms with E-state index in [2.05, 4.69) is 36.2 Å². The van der Waals surface area contributed by atoms with Gasteiger partial charge in [0.15, 0.2) is 12.1 Å². The number of benzene rings is 1. The molecule has 2 atom stereocenters. The molecule has 0 fully saturated rings. The molecule has 2 aromatic heterocycles. The molecule has 0 saturated carbocycles. The first kappa shape index (κ1) is 59.3. The SMILES string of the molecule is Nc1ncc(CNc2ccc(C(=O)N[C@@H](CCC(=O)NCCCOCCOCCOCCCNC(=O)CCC(C(=O)O)N3CCN(CC(=O)O)CCN(CC(=O)O)Cc4cccc(n4)C3)C(=O)O)cc2)nc1C=O. The molecule has 26 heteroatoms. The summed E-state index contributed by atoms with van der Waals surface area (Å²) in [5.41, 5.74) is 8.09. The standard InChI is InChI=1S/C48H67N11O15/c49-45-39(32-60)55-37(27-53-45)26-52-34-8-6-33(7-9-34)46(67)56-38(47(68)69)10-12-41(61)50-14-2-20-72-22-24-74-25-23-73-21-3-15-51-42(62)13-11-40(48(70)71)59-19-18-57(30-43(63)64)16-17-58(31-44(65)66)28-35-4-1-5-36(29-59)54-35/h1,4-9,27,32,38,40,52H,2-3,10-26,28-31H2,(H2,49,53)(H,50,61)(H,51,62)(H,56,67)(H,63,64)(H,65,66)(H,68,69)(H,70,71)/t38-,40?/m0/s1.